The summed E-state index contributed by atoms with van der Waals surface area (Å²) in [5, 5.41) is -0.499. The Labute approximate surface area is 268 Å². The van der Waals surface area contributed by atoms with Crippen LogP contribution in [0.1, 0.15) is 79.4 Å². The molecule has 0 N–H and O–H groups in total. The molecule has 2 aliphatic rings. The van der Waals surface area contributed by atoms with Crippen LogP contribution in [0, 0.1) is 7.14 Å². The van der Waals surface area contributed by atoms with Crippen LogP contribution in [-0.2, 0) is 17.6 Å². The Hall–Kier alpha value is -0.106. The van der Waals surface area contributed by atoms with Crippen LogP contribution in [0.2, 0.25) is 23.2 Å². The molecule has 4 rings (SSSR count). The highest BCUT2D eigenvalue weighted by Crippen LogP contribution is 2.48. The predicted octanol–water partition coefficient (Wildman–Crippen LogP) is 9.44. The molecule has 214 valence electrons. The molecule has 2 aliphatic heterocycles. The molecule has 4 atom stereocenters. The molecule has 0 fully saturated rings. The van der Waals surface area contributed by atoms with Crippen molar-refractivity contribution < 1.29 is 14.2 Å². The summed E-state index contributed by atoms with van der Waals surface area (Å²) in [6.07, 6.45) is 4.03. The van der Waals surface area contributed by atoms with Crippen molar-refractivity contribution in [2.45, 2.75) is 127 Å². The van der Waals surface area contributed by atoms with Crippen LogP contribution in [0.4, 0.5) is 0 Å². The molecule has 0 aliphatic carbocycles. The van der Waals surface area contributed by atoms with E-state index in [0.717, 1.165) is 37.2 Å². The lowest BCUT2D eigenvalue weighted by molar-refractivity contribution is -0.150. The number of rotatable bonds is 6. The highest BCUT2D eigenvalue weighted by atomic mass is 127. The number of aryl methyl sites for hydroxylation is 2. The van der Waals surface area contributed by atoms with Crippen LogP contribution in [0.25, 0.3) is 0 Å². The first-order valence-corrected chi connectivity index (χ1v) is 20.4. The average molecular weight is 789 g/mol. The topological polar surface area (TPSA) is 27.7 Å². The summed E-state index contributed by atoms with van der Waals surface area (Å²) in [5.74, 6) is 2.06. The number of fused-ring (bicyclic) bond motifs is 2. The standard InChI is InChI=1S/C32H46I2O3Si2/c1-29(2,3)38(9)31(7,27-17-11-21-19-23(33)13-15-25(21)35-27)37-32(8,39(10)30(4,5)6)28-18-12-22-20-24(34)14-16-26(22)36-28/h13-16,19-20,27-28H,11-12,17-18H2,1-10H3/t27-,28-,31?,32?/m1/s1. The number of ether oxygens (including phenoxy) is 3. The molecular formula is C32H46I2O3Si2. The van der Waals surface area contributed by atoms with Crippen molar-refractivity contribution in [2.75, 3.05) is 0 Å². The van der Waals surface area contributed by atoms with Gasteiger partial charge in [0.1, 0.15) is 23.7 Å². The van der Waals surface area contributed by atoms with Crippen molar-refractivity contribution >= 4 is 62.8 Å². The molecule has 2 aromatic rings. The summed E-state index contributed by atoms with van der Waals surface area (Å²) in [6.45, 7) is 24.0. The fourth-order valence-corrected chi connectivity index (χ4v) is 12.5. The Morgan fingerprint density at radius 3 is 1.36 bits per heavy atom. The zero-order chi connectivity index (χ0) is 29.0. The zero-order valence-electron chi connectivity index (χ0n) is 25.4. The minimum absolute atomic E-state index is 0.00900. The fraction of sp³-hybridized carbons (Fsp3) is 0.625. The van der Waals surface area contributed by atoms with Crippen LogP contribution in [0.5, 0.6) is 11.5 Å². The van der Waals surface area contributed by atoms with Gasteiger partial charge in [-0.15, -0.1) is 0 Å². The molecular weight excluding hydrogens is 742 g/mol. The van der Waals surface area contributed by atoms with Gasteiger partial charge in [-0.25, -0.2) is 0 Å². The van der Waals surface area contributed by atoms with E-state index < -0.39 is 28.0 Å². The van der Waals surface area contributed by atoms with Gasteiger partial charge in [-0.2, -0.15) is 0 Å². The largest absolute Gasteiger partial charge is 0.487 e. The van der Waals surface area contributed by atoms with Gasteiger partial charge in [-0.1, -0.05) is 54.6 Å². The zero-order valence-corrected chi connectivity index (χ0v) is 31.7. The van der Waals surface area contributed by atoms with Gasteiger partial charge in [-0.05, 0) is 142 Å². The van der Waals surface area contributed by atoms with E-state index in [0.29, 0.717) is 0 Å². The third-order valence-electron chi connectivity index (χ3n) is 9.33. The fourth-order valence-electron chi connectivity index (χ4n) is 6.19. The van der Waals surface area contributed by atoms with Gasteiger partial charge in [0.25, 0.3) is 0 Å². The van der Waals surface area contributed by atoms with Crippen LogP contribution < -0.4 is 9.47 Å². The molecule has 0 saturated heterocycles. The third kappa shape index (κ3) is 6.62. The van der Waals surface area contributed by atoms with Crippen molar-refractivity contribution in [2.24, 2.45) is 0 Å². The van der Waals surface area contributed by atoms with E-state index >= 15 is 0 Å². The lowest BCUT2D eigenvalue weighted by atomic mass is 9.97. The van der Waals surface area contributed by atoms with Gasteiger partial charge in [0, 0.05) is 7.14 Å². The van der Waals surface area contributed by atoms with E-state index in [1.165, 1.54) is 18.3 Å². The summed E-state index contributed by atoms with van der Waals surface area (Å²) in [6, 6.07) is 13.2. The first kappa shape index (κ1) is 31.8. The van der Waals surface area contributed by atoms with E-state index in [2.05, 4.69) is 150 Å². The Morgan fingerprint density at radius 1 is 0.667 bits per heavy atom. The Bertz CT molecular complexity index is 1100. The van der Waals surface area contributed by atoms with Crippen molar-refractivity contribution in [1.29, 1.82) is 0 Å². The summed E-state index contributed by atoms with van der Waals surface area (Å²) >= 11 is 4.80. The minimum Gasteiger partial charge on any atom is -0.487 e. The Morgan fingerprint density at radius 2 is 1.03 bits per heavy atom. The second-order valence-electron chi connectivity index (χ2n) is 13.9. The molecule has 3 nitrogen and oxygen atoms in total. The summed E-state index contributed by atoms with van der Waals surface area (Å²) < 4.78 is 24.1. The quantitative estimate of drug-likeness (QED) is 0.216. The third-order valence-corrected chi connectivity index (χ3v) is 19.0. The Balaban J connectivity index is 1.77. The molecule has 7 heteroatoms. The normalized spacial score (nSPS) is 22.8. The second-order valence-corrected chi connectivity index (χ2v) is 23.8. The van der Waals surface area contributed by atoms with E-state index in [9.17, 15) is 0 Å². The first-order valence-electron chi connectivity index (χ1n) is 14.2. The van der Waals surface area contributed by atoms with Gasteiger partial charge in [0.15, 0.2) is 0 Å². The monoisotopic (exact) mass is 788 g/mol. The average Bonchev–Trinajstić information content (AvgIpc) is 2.85. The highest BCUT2D eigenvalue weighted by Gasteiger charge is 2.57. The van der Waals surface area contributed by atoms with Crippen LogP contribution in [0.15, 0.2) is 36.4 Å². The highest BCUT2D eigenvalue weighted by molar-refractivity contribution is 14.1. The maximum Gasteiger partial charge on any atom is 0.124 e. The number of halogens is 2. The smallest absolute Gasteiger partial charge is 0.124 e. The molecule has 0 amide bonds. The SMILES string of the molecule is C[Si](C(C)(C)C)C(C)(OC(C)([C@H]1CCc2cc(I)ccc2O1)[Si](C)C(C)(C)C)[C@H]1CCc2cc(I)ccc2O1. The summed E-state index contributed by atoms with van der Waals surface area (Å²) in [7, 11) is -2.11. The summed E-state index contributed by atoms with van der Waals surface area (Å²) in [4.78, 5) is 0. The van der Waals surface area contributed by atoms with Gasteiger partial charge >= 0.3 is 0 Å². The van der Waals surface area contributed by atoms with Gasteiger partial charge < -0.3 is 14.2 Å². The van der Waals surface area contributed by atoms with E-state index in [-0.39, 0.29) is 22.3 Å². The van der Waals surface area contributed by atoms with Crippen molar-refractivity contribution in [3.8, 4) is 11.5 Å². The van der Waals surface area contributed by atoms with Crippen LogP contribution in [0.3, 0.4) is 0 Å². The van der Waals surface area contributed by atoms with Gasteiger partial charge in [0.2, 0.25) is 0 Å². The lowest BCUT2D eigenvalue weighted by Crippen LogP contribution is -2.69. The molecule has 2 unspecified atom stereocenters. The van der Waals surface area contributed by atoms with Gasteiger partial charge in [-0.3, -0.25) is 0 Å². The van der Waals surface area contributed by atoms with E-state index in [1.807, 2.05) is 0 Å². The molecule has 0 aromatic heterocycles. The van der Waals surface area contributed by atoms with E-state index in [1.54, 1.807) is 0 Å². The van der Waals surface area contributed by atoms with Crippen molar-refractivity contribution in [3.63, 3.8) is 0 Å². The van der Waals surface area contributed by atoms with E-state index in [4.69, 9.17) is 14.2 Å². The minimum atomic E-state index is -1.05. The molecule has 2 radical (unpaired) electrons. The van der Waals surface area contributed by atoms with Crippen LogP contribution in [-0.4, -0.2) is 40.3 Å². The second kappa shape index (κ2) is 11.5. The summed E-state index contributed by atoms with van der Waals surface area (Å²) in [5.41, 5.74) is 2.64. The predicted molar refractivity (Wildman–Crippen MR) is 184 cm³/mol. The molecule has 0 saturated carbocycles. The number of hydrogen-bond donors (Lipinski definition) is 0. The molecule has 2 aromatic carbocycles. The lowest BCUT2D eigenvalue weighted by Gasteiger charge is -2.56. The van der Waals surface area contributed by atoms with Crippen LogP contribution >= 0.6 is 45.2 Å². The van der Waals surface area contributed by atoms with Gasteiger partial charge in [0.05, 0.1) is 28.0 Å². The molecule has 0 spiro atoms. The number of hydrogen-bond acceptors (Lipinski definition) is 3. The maximum atomic E-state index is 7.80. The first-order chi connectivity index (χ1) is 17.9. The molecule has 0 bridgehead atoms. The Kier molecular flexibility index (Phi) is 9.40. The molecule has 39 heavy (non-hydrogen) atoms. The number of benzene rings is 2. The van der Waals surface area contributed by atoms with Crippen molar-refractivity contribution in [3.05, 3.63) is 54.7 Å². The maximum absolute atomic E-state index is 7.80. The molecule has 2 heterocycles. The van der Waals surface area contributed by atoms with Crippen molar-refractivity contribution in [1.82, 2.24) is 0 Å².